The third-order valence-corrected chi connectivity index (χ3v) is 7.51. The van der Waals surface area contributed by atoms with Crippen LogP contribution in [-0.4, -0.2) is 60.2 Å². The van der Waals surface area contributed by atoms with Gasteiger partial charge in [0.15, 0.2) is 5.82 Å². The quantitative estimate of drug-likeness (QED) is 0.639. The van der Waals surface area contributed by atoms with Gasteiger partial charge in [0.2, 0.25) is 10.0 Å². The first kappa shape index (κ1) is 21.3. The Morgan fingerprint density at radius 1 is 1.00 bits per heavy atom. The number of amides is 2. The minimum Gasteiger partial charge on any atom is -0.324 e. The number of rotatable bonds is 3. The highest BCUT2D eigenvalue weighted by atomic mass is 32.2. The zero-order chi connectivity index (χ0) is 23.1. The van der Waals surface area contributed by atoms with Crippen LogP contribution in [0.25, 0.3) is 11.3 Å². The summed E-state index contributed by atoms with van der Waals surface area (Å²) in [5.41, 5.74) is 2.30. The Labute approximate surface area is 192 Å². The topological polar surface area (TPSA) is 108 Å². The molecule has 9 nitrogen and oxygen atoms in total. The van der Waals surface area contributed by atoms with Crippen LogP contribution in [0.1, 0.15) is 18.4 Å². The molecule has 170 valence electrons. The van der Waals surface area contributed by atoms with Crippen LogP contribution in [0.5, 0.6) is 0 Å². The number of carbonyl (C=O) groups excluding carboxylic acids is 1. The van der Waals surface area contributed by atoms with Crippen LogP contribution in [0.4, 0.5) is 16.4 Å². The SMILES string of the molecule is CS(=O)(=O)N1CC2(CCN(C(=O)Nc3cnc(-c4ccccc4)cn3)CC2)c2cccnc21. The monoisotopic (exact) mass is 464 g/mol. The zero-order valence-corrected chi connectivity index (χ0v) is 19.0. The first-order valence-corrected chi connectivity index (χ1v) is 12.6. The molecular weight excluding hydrogens is 440 g/mol. The van der Waals surface area contributed by atoms with E-state index in [9.17, 15) is 13.2 Å². The molecule has 3 aromatic rings. The molecule has 1 saturated heterocycles. The number of sulfonamides is 1. The third-order valence-electron chi connectivity index (χ3n) is 6.41. The molecule has 2 aliphatic rings. The Kier molecular flexibility index (Phi) is 5.24. The Morgan fingerprint density at radius 2 is 1.76 bits per heavy atom. The minimum atomic E-state index is -3.42. The van der Waals surface area contributed by atoms with Crippen molar-refractivity contribution in [2.45, 2.75) is 18.3 Å². The molecule has 0 bridgehead atoms. The van der Waals surface area contributed by atoms with E-state index in [-0.39, 0.29) is 11.4 Å². The van der Waals surface area contributed by atoms with Gasteiger partial charge in [0.1, 0.15) is 5.82 Å². The maximum absolute atomic E-state index is 12.8. The van der Waals surface area contributed by atoms with E-state index in [0.29, 0.717) is 44.1 Å². The molecule has 0 aliphatic carbocycles. The van der Waals surface area contributed by atoms with Crippen molar-refractivity contribution >= 4 is 27.7 Å². The van der Waals surface area contributed by atoms with E-state index >= 15 is 0 Å². The molecule has 33 heavy (non-hydrogen) atoms. The number of pyridine rings is 1. The van der Waals surface area contributed by atoms with E-state index < -0.39 is 10.0 Å². The van der Waals surface area contributed by atoms with Gasteiger partial charge >= 0.3 is 6.03 Å². The van der Waals surface area contributed by atoms with Crippen molar-refractivity contribution < 1.29 is 13.2 Å². The molecule has 2 aliphatic heterocycles. The molecule has 2 aromatic heterocycles. The fourth-order valence-corrected chi connectivity index (χ4v) is 5.56. The van der Waals surface area contributed by atoms with Gasteiger partial charge in [0, 0.05) is 42.4 Å². The van der Waals surface area contributed by atoms with Crippen LogP contribution in [0.15, 0.2) is 61.1 Å². The fraction of sp³-hybridized carbons (Fsp3) is 0.304. The van der Waals surface area contributed by atoms with Crippen molar-refractivity contribution in [3.05, 3.63) is 66.6 Å². The molecule has 0 radical (unpaired) electrons. The lowest BCUT2D eigenvalue weighted by molar-refractivity contribution is 0.173. The third kappa shape index (κ3) is 4.02. The maximum Gasteiger partial charge on any atom is 0.323 e. The van der Waals surface area contributed by atoms with Gasteiger partial charge in [0.05, 0.1) is 24.3 Å². The number of hydrogen-bond donors (Lipinski definition) is 1. The number of carbonyl (C=O) groups is 1. The van der Waals surface area contributed by atoms with Crippen LogP contribution in [0, 0.1) is 0 Å². The Hall–Kier alpha value is -3.53. The Bertz CT molecular complexity index is 1270. The molecule has 2 amide bonds. The molecule has 0 atom stereocenters. The molecular formula is C23H24N6O3S. The summed E-state index contributed by atoms with van der Waals surface area (Å²) in [4.78, 5) is 27.6. The van der Waals surface area contributed by atoms with E-state index in [0.717, 1.165) is 16.8 Å². The summed E-state index contributed by atoms with van der Waals surface area (Å²) in [6, 6.07) is 13.3. The second-order valence-electron chi connectivity index (χ2n) is 8.49. The molecule has 5 rings (SSSR count). The summed E-state index contributed by atoms with van der Waals surface area (Å²) in [6.07, 6.45) is 7.32. The predicted molar refractivity (Wildman–Crippen MR) is 125 cm³/mol. The number of anilines is 2. The summed E-state index contributed by atoms with van der Waals surface area (Å²) in [7, 11) is -3.42. The molecule has 1 spiro atoms. The Balaban J connectivity index is 1.26. The van der Waals surface area contributed by atoms with E-state index in [4.69, 9.17) is 0 Å². The number of aromatic nitrogens is 3. The summed E-state index contributed by atoms with van der Waals surface area (Å²) < 4.78 is 26.0. The van der Waals surface area contributed by atoms with Crippen LogP contribution < -0.4 is 9.62 Å². The lowest BCUT2D eigenvalue weighted by Crippen LogP contribution is -2.48. The Morgan fingerprint density at radius 3 is 2.42 bits per heavy atom. The van der Waals surface area contributed by atoms with Crippen molar-refractivity contribution in [3.8, 4) is 11.3 Å². The summed E-state index contributed by atoms with van der Waals surface area (Å²) in [6.45, 7) is 1.38. The smallest absolute Gasteiger partial charge is 0.323 e. The predicted octanol–water partition coefficient (Wildman–Crippen LogP) is 2.88. The van der Waals surface area contributed by atoms with Crippen LogP contribution in [0.3, 0.4) is 0 Å². The van der Waals surface area contributed by atoms with Gasteiger partial charge in [-0.05, 0) is 18.9 Å². The highest BCUT2D eigenvalue weighted by Gasteiger charge is 2.48. The number of piperidine rings is 1. The van der Waals surface area contributed by atoms with Crippen molar-refractivity contribution in [2.75, 3.05) is 35.5 Å². The van der Waals surface area contributed by atoms with Gasteiger partial charge < -0.3 is 4.90 Å². The average Bonchev–Trinajstić information content (AvgIpc) is 3.15. The summed E-state index contributed by atoms with van der Waals surface area (Å²) >= 11 is 0. The lowest BCUT2D eigenvalue weighted by atomic mass is 9.75. The zero-order valence-electron chi connectivity index (χ0n) is 18.2. The van der Waals surface area contributed by atoms with Gasteiger partial charge in [-0.1, -0.05) is 36.4 Å². The number of benzene rings is 1. The average molecular weight is 465 g/mol. The van der Waals surface area contributed by atoms with Gasteiger partial charge in [-0.2, -0.15) is 0 Å². The standard InChI is InChI=1S/C23H24N6O3S/c1-33(31,32)29-16-23(18-8-5-11-24-21(18)29)9-12-28(13-10-23)22(30)27-20-15-25-19(14-26-20)17-6-3-2-4-7-17/h2-8,11,14-15H,9-10,12-13,16H2,1H3,(H,26,27,30). The molecule has 1 aromatic carbocycles. The number of nitrogens with one attached hydrogen (secondary N) is 1. The molecule has 0 unspecified atom stereocenters. The number of likely N-dealkylation sites (tertiary alicyclic amines) is 1. The second kappa shape index (κ2) is 8.11. The number of nitrogens with zero attached hydrogens (tertiary/aromatic N) is 5. The van der Waals surface area contributed by atoms with Crippen molar-refractivity contribution in [1.82, 2.24) is 19.9 Å². The van der Waals surface area contributed by atoms with E-state index in [2.05, 4.69) is 20.3 Å². The molecule has 1 N–H and O–H groups in total. The van der Waals surface area contributed by atoms with Gasteiger partial charge in [-0.3, -0.25) is 14.6 Å². The normalized spacial score (nSPS) is 17.1. The maximum atomic E-state index is 12.8. The summed E-state index contributed by atoms with van der Waals surface area (Å²) in [5, 5.41) is 2.82. The van der Waals surface area contributed by atoms with Crippen LogP contribution in [-0.2, 0) is 15.4 Å². The highest BCUT2D eigenvalue weighted by molar-refractivity contribution is 7.92. The fourth-order valence-electron chi connectivity index (χ4n) is 4.62. The van der Waals surface area contributed by atoms with Gasteiger partial charge in [0.25, 0.3) is 0 Å². The van der Waals surface area contributed by atoms with Crippen molar-refractivity contribution in [3.63, 3.8) is 0 Å². The van der Waals surface area contributed by atoms with Gasteiger partial charge in [-0.25, -0.2) is 23.2 Å². The van der Waals surface area contributed by atoms with E-state index in [1.165, 1.54) is 10.6 Å². The second-order valence-corrected chi connectivity index (χ2v) is 10.4. The largest absolute Gasteiger partial charge is 0.324 e. The van der Waals surface area contributed by atoms with E-state index in [1.807, 2.05) is 42.5 Å². The van der Waals surface area contributed by atoms with Crippen molar-refractivity contribution in [1.29, 1.82) is 0 Å². The molecule has 1 fully saturated rings. The van der Waals surface area contributed by atoms with Crippen LogP contribution in [0.2, 0.25) is 0 Å². The lowest BCUT2D eigenvalue weighted by Gasteiger charge is -2.39. The first-order chi connectivity index (χ1) is 15.9. The number of fused-ring (bicyclic) bond motifs is 2. The number of hydrogen-bond acceptors (Lipinski definition) is 6. The highest BCUT2D eigenvalue weighted by Crippen LogP contribution is 2.46. The van der Waals surface area contributed by atoms with E-state index in [1.54, 1.807) is 23.5 Å². The first-order valence-electron chi connectivity index (χ1n) is 10.7. The van der Waals surface area contributed by atoms with Crippen LogP contribution >= 0.6 is 0 Å². The minimum absolute atomic E-state index is 0.240. The molecule has 10 heteroatoms. The molecule has 0 saturated carbocycles. The summed E-state index contributed by atoms with van der Waals surface area (Å²) in [5.74, 6) is 0.894. The van der Waals surface area contributed by atoms with Crippen molar-refractivity contribution in [2.24, 2.45) is 0 Å². The molecule has 4 heterocycles. The number of urea groups is 1. The van der Waals surface area contributed by atoms with Gasteiger partial charge in [-0.15, -0.1) is 0 Å².